The molecule has 2 fully saturated rings. The van der Waals surface area contributed by atoms with Gasteiger partial charge in [0.15, 0.2) is 5.78 Å². The number of aryl methyl sites for hydroxylation is 1. The Kier molecular flexibility index (Phi) is 8.76. The largest absolute Gasteiger partial charge is 0.497 e. The molecule has 2 aromatic rings. The molecule has 5 rings (SSSR count). The average molecular weight is 580 g/mol. The van der Waals surface area contributed by atoms with E-state index in [0.29, 0.717) is 35.9 Å². The first kappa shape index (κ1) is 30.2. The summed E-state index contributed by atoms with van der Waals surface area (Å²) in [6, 6.07) is 4.99. The molecule has 0 unspecified atom stereocenters. The van der Waals surface area contributed by atoms with Gasteiger partial charge in [0.25, 0.3) is 0 Å². The maximum absolute atomic E-state index is 14.2. The van der Waals surface area contributed by atoms with Gasteiger partial charge < -0.3 is 19.1 Å². The molecule has 228 valence electrons. The van der Waals surface area contributed by atoms with Gasteiger partial charge >= 0.3 is 5.97 Å². The van der Waals surface area contributed by atoms with Crippen LogP contribution in [-0.2, 0) is 25.5 Å². The molecule has 3 aliphatic rings. The third-order valence-electron chi connectivity index (χ3n) is 9.28. The van der Waals surface area contributed by atoms with Crippen molar-refractivity contribution in [1.82, 2.24) is 14.9 Å². The van der Waals surface area contributed by atoms with Crippen LogP contribution in [0, 0.1) is 23.2 Å². The SMILES string of the molecule is CC[C@@H]1[C@@H]2CN(C(=O)[C@H](C(C)(C)C)CC(=O)O[C@@H]3C[C@H]3CCCCCc3nc4ccc(OC)cc4nc3O2)[C@@H]1C(C)=O. The molecule has 1 aromatic carbocycles. The van der Waals surface area contributed by atoms with Crippen molar-refractivity contribution in [2.24, 2.45) is 23.2 Å². The zero-order valence-corrected chi connectivity index (χ0v) is 25.9. The molecule has 42 heavy (non-hydrogen) atoms. The lowest BCUT2D eigenvalue weighted by Gasteiger charge is -2.35. The number of nitrogens with zero attached hydrogens (tertiary/aromatic N) is 3. The summed E-state index contributed by atoms with van der Waals surface area (Å²) in [5.41, 5.74) is 1.73. The second-order valence-corrected chi connectivity index (χ2v) is 13.4. The summed E-state index contributed by atoms with van der Waals surface area (Å²) in [6.07, 6.45) is 5.76. The number of Topliss-reactive ketones (excluding diaryl/α,β-unsaturated/α-hetero) is 1. The van der Waals surface area contributed by atoms with Crippen LogP contribution in [0.3, 0.4) is 0 Å². The number of ether oxygens (including phenoxy) is 3. The van der Waals surface area contributed by atoms with Crippen LogP contribution in [0.25, 0.3) is 11.0 Å². The van der Waals surface area contributed by atoms with E-state index < -0.39 is 23.5 Å². The second-order valence-electron chi connectivity index (χ2n) is 13.4. The van der Waals surface area contributed by atoms with Gasteiger partial charge in [0.1, 0.15) is 23.7 Å². The van der Waals surface area contributed by atoms with Crippen LogP contribution >= 0.6 is 0 Å². The van der Waals surface area contributed by atoms with E-state index in [2.05, 4.69) is 0 Å². The van der Waals surface area contributed by atoms with E-state index in [4.69, 9.17) is 24.2 Å². The van der Waals surface area contributed by atoms with Crippen LogP contribution in [-0.4, -0.2) is 64.4 Å². The van der Waals surface area contributed by atoms with Crippen LogP contribution in [0.4, 0.5) is 0 Å². The fraction of sp³-hybridized carbons (Fsp3) is 0.667. The Balaban J connectivity index is 1.53. The average Bonchev–Trinajstić information content (AvgIpc) is 3.56. The summed E-state index contributed by atoms with van der Waals surface area (Å²) < 4.78 is 17.9. The highest BCUT2D eigenvalue weighted by Gasteiger charge is 2.50. The molecule has 1 amide bonds. The van der Waals surface area contributed by atoms with Gasteiger partial charge in [0, 0.05) is 12.0 Å². The molecular formula is C33H45N3O6. The van der Waals surface area contributed by atoms with Crippen LogP contribution in [0.15, 0.2) is 18.2 Å². The van der Waals surface area contributed by atoms with E-state index >= 15 is 0 Å². The molecule has 9 heteroatoms. The first-order chi connectivity index (χ1) is 20.0. The number of fused-ring (bicyclic) bond motifs is 5. The van der Waals surface area contributed by atoms with Gasteiger partial charge in [-0.2, -0.15) is 0 Å². The Hall–Kier alpha value is -3.23. The lowest BCUT2D eigenvalue weighted by atomic mass is 9.77. The Morgan fingerprint density at radius 2 is 1.86 bits per heavy atom. The van der Waals surface area contributed by atoms with Crippen LogP contribution in [0.5, 0.6) is 11.6 Å². The fourth-order valence-electron chi connectivity index (χ4n) is 6.71. The van der Waals surface area contributed by atoms with Crippen molar-refractivity contribution >= 4 is 28.7 Å². The number of rotatable bonds is 3. The van der Waals surface area contributed by atoms with Gasteiger partial charge in [-0.3, -0.25) is 14.4 Å². The van der Waals surface area contributed by atoms with Crippen molar-refractivity contribution in [1.29, 1.82) is 0 Å². The van der Waals surface area contributed by atoms with Crippen LogP contribution in [0.2, 0.25) is 0 Å². The summed E-state index contributed by atoms with van der Waals surface area (Å²) in [6.45, 7) is 9.68. The lowest BCUT2D eigenvalue weighted by molar-refractivity contribution is -0.154. The minimum absolute atomic E-state index is 0.00285. The number of carbonyl (C=O) groups is 3. The molecular weight excluding hydrogens is 534 g/mol. The van der Waals surface area contributed by atoms with Gasteiger partial charge in [-0.15, -0.1) is 0 Å². The van der Waals surface area contributed by atoms with Gasteiger partial charge in [0.2, 0.25) is 11.8 Å². The number of amides is 1. The molecule has 2 aliphatic heterocycles. The van der Waals surface area contributed by atoms with E-state index in [9.17, 15) is 14.4 Å². The van der Waals surface area contributed by atoms with Crippen molar-refractivity contribution in [3.63, 3.8) is 0 Å². The Morgan fingerprint density at radius 1 is 1.07 bits per heavy atom. The molecule has 9 nitrogen and oxygen atoms in total. The summed E-state index contributed by atoms with van der Waals surface area (Å²) in [4.78, 5) is 51.9. The molecule has 0 N–H and O–H groups in total. The predicted molar refractivity (Wildman–Crippen MR) is 158 cm³/mol. The van der Waals surface area contributed by atoms with E-state index in [0.717, 1.165) is 43.3 Å². The van der Waals surface area contributed by atoms with Crippen LogP contribution < -0.4 is 9.47 Å². The summed E-state index contributed by atoms with van der Waals surface area (Å²) >= 11 is 0. The van der Waals surface area contributed by atoms with Crippen molar-refractivity contribution in [3.8, 4) is 11.6 Å². The van der Waals surface area contributed by atoms with Crippen molar-refractivity contribution < 1.29 is 28.6 Å². The third-order valence-corrected chi connectivity index (χ3v) is 9.28. The molecule has 6 atom stereocenters. The van der Waals surface area contributed by atoms with E-state index in [-0.39, 0.29) is 42.6 Å². The molecule has 1 saturated carbocycles. The number of hydrogen-bond acceptors (Lipinski definition) is 8. The minimum atomic E-state index is -0.639. The van der Waals surface area contributed by atoms with Gasteiger partial charge in [0.05, 0.1) is 43.1 Å². The number of esters is 1. The maximum atomic E-state index is 14.2. The normalized spacial score (nSPS) is 29.0. The monoisotopic (exact) mass is 579 g/mol. The zero-order valence-electron chi connectivity index (χ0n) is 25.9. The molecule has 1 aromatic heterocycles. The Labute approximate surface area is 248 Å². The molecule has 0 spiro atoms. The second kappa shape index (κ2) is 12.2. The predicted octanol–water partition coefficient (Wildman–Crippen LogP) is 5.31. The number of ketones is 1. The number of carbonyl (C=O) groups excluding carboxylic acids is 3. The Bertz CT molecular complexity index is 1340. The molecule has 3 heterocycles. The highest BCUT2D eigenvalue weighted by Crippen LogP contribution is 2.41. The fourth-order valence-corrected chi connectivity index (χ4v) is 6.71. The highest BCUT2D eigenvalue weighted by atomic mass is 16.5. The minimum Gasteiger partial charge on any atom is -0.497 e. The van der Waals surface area contributed by atoms with Gasteiger partial charge in [-0.25, -0.2) is 9.97 Å². The third kappa shape index (κ3) is 6.40. The first-order valence-electron chi connectivity index (χ1n) is 15.5. The number of methoxy groups -OCH3 is 1. The summed E-state index contributed by atoms with van der Waals surface area (Å²) in [7, 11) is 1.62. The number of hydrogen-bond donors (Lipinski definition) is 0. The lowest BCUT2D eigenvalue weighted by Crippen LogP contribution is -2.48. The summed E-state index contributed by atoms with van der Waals surface area (Å²) in [5.74, 6) is 0.0640. The summed E-state index contributed by atoms with van der Waals surface area (Å²) in [5, 5.41) is 0. The van der Waals surface area contributed by atoms with Crippen molar-refractivity contribution in [2.45, 2.75) is 104 Å². The smallest absolute Gasteiger partial charge is 0.306 e. The highest BCUT2D eigenvalue weighted by molar-refractivity contribution is 5.91. The first-order valence-corrected chi connectivity index (χ1v) is 15.5. The molecule has 0 radical (unpaired) electrons. The van der Waals surface area contributed by atoms with E-state index in [1.807, 2.05) is 45.9 Å². The number of benzene rings is 1. The molecule has 1 saturated heterocycles. The van der Waals surface area contributed by atoms with E-state index in [1.54, 1.807) is 12.0 Å². The van der Waals surface area contributed by atoms with Crippen molar-refractivity contribution in [2.75, 3.05) is 13.7 Å². The maximum Gasteiger partial charge on any atom is 0.306 e. The number of aromatic nitrogens is 2. The molecule has 2 bridgehead atoms. The zero-order chi connectivity index (χ0) is 30.2. The Morgan fingerprint density at radius 3 is 2.55 bits per heavy atom. The standard InChI is InChI=1S/C33H45N3O6/c1-7-22-28-18-36(30(22)19(2)37)32(39)23(33(3,4)5)17-29(38)41-27-15-20(27)11-9-8-10-12-25-31(42-28)35-26-16-21(40-6)13-14-24(26)34-25/h13-14,16,20,22-23,27-28,30H,7-12,15,17-18H2,1-6H3/t20-,22-,23-,27-,28+,30-/m1/s1. The quantitative estimate of drug-likeness (QED) is 0.450. The topological polar surface area (TPSA) is 108 Å². The van der Waals surface area contributed by atoms with Gasteiger partial charge in [-0.1, -0.05) is 40.5 Å². The van der Waals surface area contributed by atoms with Crippen molar-refractivity contribution in [3.05, 3.63) is 23.9 Å². The van der Waals surface area contributed by atoms with Gasteiger partial charge in [-0.05, 0) is 62.5 Å². The molecule has 1 aliphatic carbocycles. The van der Waals surface area contributed by atoms with Crippen LogP contribution in [0.1, 0.15) is 85.3 Å². The van der Waals surface area contributed by atoms with E-state index in [1.165, 1.54) is 6.92 Å².